The van der Waals surface area contributed by atoms with Gasteiger partial charge in [-0.25, -0.2) is 4.98 Å². The number of rotatable bonds is 9. The molecule has 4 rings (SSSR count). The van der Waals surface area contributed by atoms with Gasteiger partial charge in [0.05, 0.1) is 22.6 Å². The van der Waals surface area contributed by atoms with E-state index in [1.807, 2.05) is 42.9 Å². The fraction of sp³-hybridized carbons (Fsp3) is 0.333. The third-order valence-electron chi connectivity index (χ3n) is 4.83. The van der Waals surface area contributed by atoms with Crippen LogP contribution in [0.15, 0.2) is 41.7 Å². The largest absolute Gasteiger partial charge is 0.383 e. The summed E-state index contributed by atoms with van der Waals surface area (Å²) in [6.07, 6.45) is 2.67. The Kier molecular flexibility index (Phi) is 6.69. The van der Waals surface area contributed by atoms with Gasteiger partial charge in [-0.2, -0.15) is 0 Å². The van der Waals surface area contributed by atoms with Crippen LogP contribution in [0.5, 0.6) is 0 Å². The highest BCUT2D eigenvalue weighted by atomic mass is 32.2. The van der Waals surface area contributed by atoms with E-state index >= 15 is 0 Å². The lowest BCUT2D eigenvalue weighted by molar-refractivity contribution is -0.113. The SMILES string of the molecule is COCCn1c(Cc2cccn2C)nnc1SCC(=O)Nc1nc2ccc(C)cc2s1. The lowest BCUT2D eigenvalue weighted by Gasteiger charge is -2.10. The summed E-state index contributed by atoms with van der Waals surface area (Å²) in [4.78, 5) is 17.0. The molecule has 3 aromatic heterocycles. The van der Waals surface area contributed by atoms with E-state index in [0.717, 1.165) is 21.7 Å². The van der Waals surface area contributed by atoms with Gasteiger partial charge in [0.25, 0.3) is 0 Å². The van der Waals surface area contributed by atoms with Crippen LogP contribution in [0.4, 0.5) is 5.13 Å². The van der Waals surface area contributed by atoms with E-state index in [0.29, 0.717) is 29.9 Å². The summed E-state index contributed by atoms with van der Waals surface area (Å²) in [5.41, 5.74) is 3.21. The average Bonchev–Trinajstić information content (AvgIpc) is 3.44. The van der Waals surface area contributed by atoms with Gasteiger partial charge in [0.1, 0.15) is 5.82 Å². The Hall–Kier alpha value is -2.69. The second-order valence-corrected chi connectivity index (χ2v) is 9.13. The summed E-state index contributed by atoms with van der Waals surface area (Å²) in [6.45, 7) is 3.22. The van der Waals surface area contributed by atoms with Gasteiger partial charge in [-0.3, -0.25) is 4.79 Å². The third-order valence-corrected chi connectivity index (χ3v) is 6.73. The van der Waals surface area contributed by atoms with Crippen LogP contribution in [0.25, 0.3) is 10.2 Å². The number of amides is 1. The number of anilines is 1. The molecule has 162 valence electrons. The van der Waals surface area contributed by atoms with E-state index in [2.05, 4.69) is 37.2 Å². The Labute approximate surface area is 188 Å². The van der Waals surface area contributed by atoms with Crippen molar-refractivity contribution in [1.82, 2.24) is 24.3 Å². The molecule has 1 N–H and O–H groups in total. The number of ether oxygens (including phenoxy) is 1. The summed E-state index contributed by atoms with van der Waals surface area (Å²) >= 11 is 2.84. The van der Waals surface area contributed by atoms with Gasteiger partial charge in [-0.1, -0.05) is 29.2 Å². The molecule has 0 aliphatic carbocycles. The quantitative estimate of drug-likeness (QED) is 0.388. The molecule has 0 atom stereocenters. The lowest BCUT2D eigenvalue weighted by atomic mass is 10.2. The molecule has 0 radical (unpaired) electrons. The number of thioether (sulfide) groups is 1. The minimum Gasteiger partial charge on any atom is -0.383 e. The first kappa shape index (κ1) is 21.5. The van der Waals surface area contributed by atoms with Crippen molar-refractivity contribution in [3.63, 3.8) is 0 Å². The molecule has 0 aliphatic heterocycles. The van der Waals surface area contributed by atoms with Crippen LogP contribution >= 0.6 is 23.1 Å². The molecule has 0 bridgehead atoms. The number of thiazole rings is 1. The second-order valence-electron chi connectivity index (χ2n) is 7.16. The zero-order chi connectivity index (χ0) is 21.8. The third kappa shape index (κ3) is 5.15. The molecular formula is C21H24N6O2S2. The van der Waals surface area contributed by atoms with Crippen molar-refractivity contribution >= 4 is 44.4 Å². The number of nitrogens with zero attached hydrogens (tertiary/aromatic N) is 5. The predicted octanol–water partition coefficient (Wildman–Crippen LogP) is 3.50. The van der Waals surface area contributed by atoms with E-state index in [1.54, 1.807) is 7.11 Å². The van der Waals surface area contributed by atoms with E-state index < -0.39 is 0 Å². The Morgan fingerprint density at radius 2 is 2.16 bits per heavy atom. The number of methoxy groups -OCH3 is 1. The molecule has 0 spiro atoms. The number of carbonyl (C=O) groups excluding carboxylic acids is 1. The van der Waals surface area contributed by atoms with Crippen LogP contribution in [-0.2, 0) is 29.5 Å². The minimum absolute atomic E-state index is 0.119. The Morgan fingerprint density at radius 1 is 1.29 bits per heavy atom. The van der Waals surface area contributed by atoms with Gasteiger partial charge in [-0.05, 0) is 36.8 Å². The molecule has 0 aliphatic rings. The first-order valence-corrected chi connectivity index (χ1v) is 11.6. The number of carbonyl (C=O) groups is 1. The Balaban J connectivity index is 1.42. The minimum atomic E-state index is -0.119. The van der Waals surface area contributed by atoms with Crippen LogP contribution in [0.2, 0.25) is 0 Å². The van der Waals surface area contributed by atoms with Crippen molar-refractivity contribution in [3.8, 4) is 0 Å². The van der Waals surface area contributed by atoms with E-state index in [-0.39, 0.29) is 11.7 Å². The molecule has 3 heterocycles. The highest BCUT2D eigenvalue weighted by molar-refractivity contribution is 7.99. The smallest absolute Gasteiger partial charge is 0.236 e. The summed E-state index contributed by atoms with van der Waals surface area (Å²) in [6, 6.07) is 10.1. The number of hydrogen-bond acceptors (Lipinski definition) is 7. The van der Waals surface area contributed by atoms with E-state index in [1.165, 1.54) is 28.7 Å². The molecule has 0 fully saturated rings. The van der Waals surface area contributed by atoms with Crippen LogP contribution in [0, 0.1) is 6.92 Å². The normalized spacial score (nSPS) is 11.3. The fourth-order valence-electron chi connectivity index (χ4n) is 3.18. The van der Waals surface area contributed by atoms with Gasteiger partial charge in [0, 0.05) is 39.0 Å². The maximum absolute atomic E-state index is 12.5. The van der Waals surface area contributed by atoms with Crippen molar-refractivity contribution in [2.24, 2.45) is 7.05 Å². The Bertz CT molecular complexity index is 1200. The first-order chi connectivity index (χ1) is 15.0. The molecule has 10 heteroatoms. The molecule has 0 saturated carbocycles. The van der Waals surface area contributed by atoms with Crippen molar-refractivity contribution < 1.29 is 9.53 Å². The monoisotopic (exact) mass is 456 g/mol. The predicted molar refractivity (Wildman–Crippen MR) is 124 cm³/mol. The van der Waals surface area contributed by atoms with Crippen molar-refractivity contribution in [2.45, 2.75) is 25.0 Å². The first-order valence-electron chi connectivity index (χ1n) is 9.84. The molecule has 1 amide bonds. The van der Waals surface area contributed by atoms with Crippen molar-refractivity contribution in [1.29, 1.82) is 0 Å². The van der Waals surface area contributed by atoms with Crippen molar-refractivity contribution in [2.75, 3.05) is 24.8 Å². The van der Waals surface area contributed by atoms with Gasteiger partial charge >= 0.3 is 0 Å². The Morgan fingerprint density at radius 3 is 2.94 bits per heavy atom. The number of hydrogen-bond donors (Lipinski definition) is 1. The maximum atomic E-state index is 12.5. The molecule has 31 heavy (non-hydrogen) atoms. The lowest BCUT2D eigenvalue weighted by Crippen LogP contribution is -2.15. The summed E-state index contributed by atoms with van der Waals surface area (Å²) in [5.74, 6) is 0.957. The van der Waals surface area contributed by atoms with Crippen molar-refractivity contribution in [3.05, 3.63) is 53.6 Å². The standard InChI is InChI=1S/C21H24N6O2S2/c1-14-6-7-16-17(11-14)31-20(22-16)23-19(28)13-30-21-25-24-18(27(21)9-10-29-3)12-15-5-4-8-26(15)2/h4-8,11H,9-10,12-13H2,1-3H3,(H,22,23,28). The van der Waals surface area contributed by atoms with Gasteiger partial charge in [0.15, 0.2) is 10.3 Å². The number of aryl methyl sites for hydroxylation is 2. The number of fused-ring (bicyclic) bond motifs is 1. The number of benzene rings is 1. The molecule has 0 saturated heterocycles. The van der Waals surface area contributed by atoms with Crippen LogP contribution in [-0.4, -0.2) is 49.7 Å². The topological polar surface area (TPSA) is 86.9 Å². The summed E-state index contributed by atoms with van der Waals surface area (Å²) < 4.78 is 10.4. The zero-order valence-electron chi connectivity index (χ0n) is 17.7. The van der Waals surface area contributed by atoms with E-state index in [9.17, 15) is 4.79 Å². The molecule has 8 nitrogen and oxygen atoms in total. The van der Waals surface area contributed by atoms with Gasteiger partial charge in [0.2, 0.25) is 5.91 Å². The van der Waals surface area contributed by atoms with Gasteiger partial charge in [-0.15, -0.1) is 10.2 Å². The second kappa shape index (κ2) is 9.63. The average molecular weight is 457 g/mol. The van der Waals surface area contributed by atoms with Gasteiger partial charge < -0.3 is 19.2 Å². The highest BCUT2D eigenvalue weighted by Gasteiger charge is 2.16. The molecule has 4 aromatic rings. The maximum Gasteiger partial charge on any atom is 0.236 e. The number of aromatic nitrogens is 5. The zero-order valence-corrected chi connectivity index (χ0v) is 19.3. The molecule has 0 unspecified atom stereocenters. The summed E-state index contributed by atoms with van der Waals surface area (Å²) in [7, 11) is 3.68. The molecular weight excluding hydrogens is 432 g/mol. The van der Waals surface area contributed by atoms with Crippen LogP contribution in [0.1, 0.15) is 17.1 Å². The molecule has 1 aromatic carbocycles. The fourth-order valence-corrected chi connectivity index (χ4v) is 4.94. The summed E-state index contributed by atoms with van der Waals surface area (Å²) in [5, 5.41) is 12.9. The highest BCUT2D eigenvalue weighted by Crippen LogP contribution is 2.27. The van der Waals surface area contributed by atoms with Crippen LogP contribution < -0.4 is 5.32 Å². The number of nitrogens with one attached hydrogen (secondary N) is 1. The van der Waals surface area contributed by atoms with E-state index in [4.69, 9.17) is 4.74 Å². The van der Waals surface area contributed by atoms with Crippen LogP contribution in [0.3, 0.4) is 0 Å².